The molecular weight excluding hydrogens is 488 g/mol. The van der Waals surface area contributed by atoms with Crippen LogP contribution in [-0.2, 0) is 17.8 Å². The Labute approximate surface area is 223 Å². The van der Waals surface area contributed by atoms with Gasteiger partial charge in [0.05, 0.1) is 0 Å². The number of hydrogen-bond acceptors (Lipinski definition) is 5. The van der Waals surface area contributed by atoms with Crippen molar-refractivity contribution in [3.63, 3.8) is 0 Å². The van der Waals surface area contributed by atoms with Crippen LogP contribution in [0.5, 0.6) is 11.5 Å². The summed E-state index contributed by atoms with van der Waals surface area (Å²) in [5.41, 5.74) is 3.23. The molecule has 3 aromatic carbocycles. The molecule has 4 atom stereocenters. The summed E-state index contributed by atoms with van der Waals surface area (Å²) in [6.45, 7) is 6.61. The molecule has 37 heavy (non-hydrogen) atoms. The molecule has 0 radical (unpaired) electrons. The molecule has 2 fully saturated rings. The topological polar surface area (TPSA) is 71.0 Å². The van der Waals surface area contributed by atoms with Gasteiger partial charge in [0.25, 0.3) is 0 Å². The quantitative estimate of drug-likeness (QED) is 0.334. The van der Waals surface area contributed by atoms with Gasteiger partial charge >= 0.3 is 5.97 Å². The molecular formula is C30H33ClN2O4. The van der Waals surface area contributed by atoms with Crippen LogP contribution in [0, 0.1) is 18.8 Å². The van der Waals surface area contributed by atoms with E-state index in [0.717, 1.165) is 59.9 Å². The van der Waals surface area contributed by atoms with Crippen molar-refractivity contribution in [2.75, 3.05) is 26.2 Å². The van der Waals surface area contributed by atoms with Gasteiger partial charge < -0.3 is 19.9 Å². The predicted molar refractivity (Wildman–Crippen MR) is 144 cm³/mol. The van der Waals surface area contributed by atoms with E-state index < -0.39 is 12.1 Å². The maximum Gasteiger partial charge on any atom is 0.345 e. The number of carbonyl (C=O) groups is 1. The largest absolute Gasteiger partial charge is 0.492 e. The van der Waals surface area contributed by atoms with E-state index in [4.69, 9.17) is 21.1 Å². The number of rotatable bonds is 12. The van der Waals surface area contributed by atoms with Gasteiger partial charge in [-0.05, 0) is 71.8 Å². The molecule has 1 saturated carbocycles. The number of nitrogens with zero attached hydrogens (tertiary/aromatic N) is 1. The van der Waals surface area contributed by atoms with Crippen molar-refractivity contribution in [3.05, 3.63) is 94.5 Å². The van der Waals surface area contributed by atoms with Crippen LogP contribution in [0.3, 0.4) is 0 Å². The predicted octanol–water partition coefficient (Wildman–Crippen LogP) is 4.82. The number of aryl methyl sites for hydroxylation is 1. The highest BCUT2D eigenvalue weighted by Gasteiger charge is 2.55. The van der Waals surface area contributed by atoms with E-state index in [1.807, 2.05) is 61.5 Å². The Morgan fingerprint density at radius 1 is 1.03 bits per heavy atom. The van der Waals surface area contributed by atoms with Crippen LogP contribution < -0.4 is 14.8 Å². The minimum atomic E-state index is -0.981. The van der Waals surface area contributed by atoms with Gasteiger partial charge in [-0.1, -0.05) is 48.0 Å². The standard InChI is InChI=1S/C30H33ClN2O4/c1-20-3-2-4-25(15-20)37-28(30(34)35)16-21-7-11-24(12-8-21)36-14-13-32-29-26-18-33(19-27(26)29)17-22-5-9-23(31)10-6-22/h2-12,15,26-29,32H,13-14,16-19H2,1H3,(H,34,35)/t26-,27?,28-,29?/m0/s1. The summed E-state index contributed by atoms with van der Waals surface area (Å²) in [4.78, 5) is 14.2. The Bertz CT molecular complexity index is 1190. The first kappa shape index (κ1) is 25.6. The van der Waals surface area contributed by atoms with Crippen molar-refractivity contribution in [1.29, 1.82) is 0 Å². The lowest BCUT2D eigenvalue weighted by Crippen LogP contribution is -2.33. The molecule has 7 heteroatoms. The first-order chi connectivity index (χ1) is 17.9. The molecule has 2 unspecified atom stereocenters. The molecule has 1 aliphatic carbocycles. The molecule has 2 N–H and O–H groups in total. The molecule has 1 aliphatic heterocycles. The number of carboxylic acids is 1. The van der Waals surface area contributed by atoms with E-state index in [2.05, 4.69) is 22.3 Å². The fourth-order valence-electron chi connectivity index (χ4n) is 5.26. The minimum absolute atomic E-state index is 0.282. The Kier molecular flexibility index (Phi) is 7.99. The van der Waals surface area contributed by atoms with E-state index in [-0.39, 0.29) is 6.42 Å². The van der Waals surface area contributed by atoms with Crippen molar-refractivity contribution in [1.82, 2.24) is 10.2 Å². The molecule has 5 rings (SSSR count). The summed E-state index contributed by atoms with van der Waals surface area (Å²) >= 11 is 5.99. The number of hydrogen-bond donors (Lipinski definition) is 2. The summed E-state index contributed by atoms with van der Waals surface area (Å²) in [6.07, 6.45) is -0.664. The van der Waals surface area contributed by atoms with Gasteiger partial charge in [0.2, 0.25) is 0 Å². The van der Waals surface area contributed by atoms with Gasteiger partial charge in [-0.2, -0.15) is 0 Å². The molecule has 1 heterocycles. The van der Waals surface area contributed by atoms with Gasteiger partial charge in [-0.15, -0.1) is 0 Å². The van der Waals surface area contributed by atoms with Crippen LogP contribution in [0.15, 0.2) is 72.8 Å². The van der Waals surface area contributed by atoms with Crippen molar-refractivity contribution >= 4 is 17.6 Å². The molecule has 6 nitrogen and oxygen atoms in total. The number of halogens is 1. The molecule has 0 amide bonds. The van der Waals surface area contributed by atoms with Crippen LogP contribution in [0.4, 0.5) is 0 Å². The smallest absolute Gasteiger partial charge is 0.345 e. The average Bonchev–Trinajstić information content (AvgIpc) is 3.33. The fourth-order valence-corrected chi connectivity index (χ4v) is 5.38. The lowest BCUT2D eigenvalue weighted by molar-refractivity contribution is -0.145. The monoisotopic (exact) mass is 520 g/mol. The number of carboxylic acid groups (broad SMARTS) is 1. The van der Waals surface area contributed by atoms with E-state index in [0.29, 0.717) is 18.4 Å². The number of nitrogens with one attached hydrogen (secondary N) is 1. The first-order valence-electron chi connectivity index (χ1n) is 12.8. The van der Waals surface area contributed by atoms with Crippen LogP contribution >= 0.6 is 11.6 Å². The highest BCUT2D eigenvalue weighted by molar-refractivity contribution is 6.30. The third-order valence-corrected chi connectivity index (χ3v) is 7.48. The minimum Gasteiger partial charge on any atom is -0.492 e. The van der Waals surface area contributed by atoms with E-state index in [1.165, 1.54) is 5.56 Å². The summed E-state index contributed by atoms with van der Waals surface area (Å²) < 4.78 is 11.6. The Balaban J connectivity index is 1.00. The second-order valence-electron chi connectivity index (χ2n) is 10.1. The van der Waals surface area contributed by atoms with Gasteiger partial charge in [-0.3, -0.25) is 4.90 Å². The van der Waals surface area contributed by atoms with Crippen molar-refractivity contribution < 1.29 is 19.4 Å². The first-order valence-corrected chi connectivity index (χ1v) is 13.2. The lowest BCUT2D eigenvalue weighted by atomic mass is 10.1. The number of aliphatic carboxylic acids is 1. The van der Waals surface area contributed by atoms with Gasteiger partial charge in [0, 0.05) is 43.7 Å². The summed E-state index contributed by atoms with van der Waals surface area (Å²) in [5.74, 6) is 1.83. The zero-order valence-corrected chi connectivity index (χ0v) is 21.7. The molecule has 0 aromatic heterocycles. The number of ether oxygens (including phenoxy) is 2. The second-order valence-corrected chi connectivity index (χ2v) is 10.5. The number of likely N-dealkylation sites (tertiary alicyclic amines) is 1. The number of benzene rings is 3. The van der Waals surface area contributed by atoms with E-state index in [9.17, 15) is 9.90 Å². The normalized spacial score (nSPS) is 21.3. The Hall–Kier alpha value is -3.06. The van der Waals surface area contributed by atoms with Crippen LogP contribution in [0.25, 0.3) is 0 Å². The third-order valence-electron chi connectivity index (χ3n) is 7.23. The highest BCUT2D eigenvalue weighted by atomic mass is 35.5. The van der Waals surface area contributed by atoms with Gasteiger partial charge in [0.1, 0.15) is 18.1 Å². The lowest BCUT2D eigenvalue weighted by Gasteiger charge is -2.20. The van der Waals surface area contributed by atoms with Gasteiger partial charge in [0.15, 0.2) is 6.10 Å². The van der Waals surface area contributed by atoms with Gasteiger partial charge in [-0.25, -0.2) is 4.79 Å². The van der Waals surface area contributed by atoms with E-state index in [1.54, 1.807) is 6.07 Å². The second kappa shape index (κ2) is 11.5. The molecule has 3 aromatic rings. The number of fused-ring (bicyclic) bond motifs is 1. The molecule has 0 spiro atoms. The maximum absolute atomic E-state index is 11.7. The van der Waals surface area contributed by atoms with Crippen molar-refractivity contribution in [2.24, 2.45) is 11.8 Å². The van der Waals surface area contributed by atoms with Crippen LogP contribution in [-0.4, -0.2) is 54.4 Å². The Morgan fingerprint density at radius 3 is 2.41 bits per heavy atom. The molecule has 194 valence electrons. The molecule has 1 saturated heterocycles. The van der Waals surface area contributed by atoms with Crippen molar-refractivity contribution in [3.8, 4) is 11.5 Å². The molecule has 0 bridgehead atoms. The summed E-state index contributed by atoms with van der Waals surface area (Å²) in [6, 6.07) is 23.7. The summed E-state index contributed by atoms with van der Waals surface area (Å²) in [7, 11) is 0. The van der Waals surface area contributed by atoms with Crippen LogP contribution in [0.2, 0.25) is 5.02 Å². The average molecular weight is 521 g/mol. The third kappa shape index (κ3) is 6.83. The SMILES string of the molecule is Cc1cccc(O[C@@H](Cc2ccc(OCCNC3C4CN(Cc5ccc(Cl)cc5)C[C@@H]43)cc2)C(=O)O)c1. The Morgan fingerprint density at radius 2 is 1.73 bits per heavy atom. The highest BCUT2D eigenvalue weighted by Crippen LogP contribution is 2.45. The zero-order valence-electron chi connectivity index (χ0n) is 21.0. The maximum atomic E-state index is 11.7. The van der Waals surface area contributed by atoms with E-state index >= 15 is 0 Å². The summed E-state index contributed by atoms with van der Waals surface area (Å²) in [5, 5.41) is 14.0. The van der Waals surface area contributed by atoms with Crippen molar-refractivity contribution in [2.45, 2.75) is 32.0 Å². The number of piperidine rings is 1. The molecule has 2 aliphatic rings. The zero-order chi connectivity index (χ0) is 25.8. The fraction of sp³-hybridized carbons (Fsp3) is 0.367. The van der Waals surface area contributed by atoms with Crippen LogP contribution in [0.1, 0.15) is 16.7 Å².